The molecule has 4 nitrogen and oxygen atoms in total. The second-order valence-electron chi connectivity index (χ2n) is 11.8. The highest BCUT2D eigenvalue weighted by Crippen LogP contribution is 2.17. The van der Waals surface area contributed by atoms with E-state index in [1.807, 2.05) is 0 Å². The van der Waals surface area contributed by atoms with Crippen LogP contribution >= 0.6 is 0 Å². The molecule has 0 amide bonds. The van der Waals surface area contributed by atoms with Gasteiger partial charge in [-0.05, 0) is 26.8 Å². The second-order valence-corrected chi connectivity index (χ2v) is 11.8. The Morgan fingerprint density at radius 2 is 0.842 bits per heavy atom. The smallest absolute Gasteiger partial charge is 0.333 e. The minimum atomic E-state index is -1.21. The Morgan fingerprint density at radius 1 is 0.526 bits per heavy atom. The van der Waals surface area contributed by atoms with Crippen LogP contribution in [0.1, 0.15) is 188 Å². The van der Waals surface area contributed by atoms with Crippen molar-refractivity contribution < 1.29 is 14.3 Å². The van der Waals surface area contributed by atoms with Gasteiger partial charge in [-0.15, -0.1) is 0 Å². The lowest BCUT2D eigenvalue weighted by Gasteiger charge is -2.25. The average molecular weight is 538 g/mol. The molecule has 0 aromatic carbocycles. The number of Topliss-reactive ketones (excluding diaryl/α,β-unsaturated/α-hetero) is 1. The van der Waals surface area contributed by atoms with Gasteiger partial charge in [-0.2, -0.15) is 0 Å². The number of carbonyl (C=O) groups is 2. The summed E-state index contributed by atoms with van der Waals surface area (Å²) in [6.07, 6.45) is 32.5. The van der Waals surface area contributed by atoms with Gasteiger partial charge in [0.15, 0.2) is 11.3 Å². The summed E-state index contributed by atoms with van der Waals surface area (Å²) in [5, 5.41) is 2.95. The summed E-state index contributed by atoms with van der Waals surface area (Å²) in [6.45, 7) is 6.63. The van der Waals surface area contributed by atoms with Gasteiger partial charge in [0.1, 0.15) is 0 Å². The molecule has 0 aromatic heterocycles. The number of rotatable bonds is 30. The number of unbranched alkanes of at least 4 members (excludes halogenated alkanes) is 23. The Balaban J connectivity index is 3.72. The Bertz CT molecular complexity index is 536. The zero-order valence-corrected chi connectivity index (χ0v) is 26.3. The van der Waals surface area contributed by atoms with Gasteiger partial charge in [-0.3, -0.25) is 10.1 Å². The van der Waals surface area contributed by atoms with E-state index >= 15 is 0 Å². The molecule has 0 saturated carbocycles. The first kappa shape index (κ1) is 37.1. The fourth-order valence-electron chi connectivity index (χ4n) is 5.16. The Labute approximate surface area is 238 Å². The molecule has 0 aromatic rings. The monoisotopic (exact) mass is 538 g/mol. The number of hydrogen-bond donors (Lipinski definition) is 1. The van der Waals surface area contributed by atoms with E-state index in [2.05, 4.69) is 19.2 Å². The summed E-state index contributed by atoms with van der Waals surface area (Å²) >= 11 is 0. The predicted molar refractivity (Wildman–Crippen MR) is 165 cm³/mol. The zero-order chi connectivity index (χ0) is 28.2. The molecule has 1 N–H and O–H groups in total. The zero-order valence-electron chi connectivity index (χ0n) is 26.3. The maximum absolute atomic E-state index is 12.8. The van der Waals surface area contributed by atoms with Gasteiger partial charge in [0, 0.05) is 6.42 Å². The fourth-order valence-corrected chi connectivity index (χ4v) is 5.16. The van der Waals surface area contributed by atoms with E-state index in [1.54, 1.807) is 14.0 Å². The second kappa shape index (κ2) is 27.7. The van der Waals surface area contributed by atoms with Gasteiger partial charge in [-0.25, -0.2) is 4.79 Å². The topological polar surface area (TPSA) is 55.4 Å². The Morgan fingerprint density at radius 3 is 1.18 bits per heavy atom. The first-order valence-electron chi connectivity index (χ1n) is 16.9. The molecule has 0 fully saturated rings. The van der Waals surface area contributed by atoms with E-state index in [4.69, 9.17) is 4.74 Å². The highest BCUT2D eigenvalue weighted by atomic mass is 16.5. The van der Waals surface area contributed by atoms with Crippen LogP contribution < -0.4 is 5.32 Å². The van der Waals surface area contributed by atoms with Crippen LogP contribution in [0.25, 0.3) is 0 Å². The van der Waals surface area contributed by atoms with E-state index in [1.165, 1.54) is 135 Å². The van der Waals surface area contributed by atoms with Gasteiger partial charge < -0.3 is 4.74 Å². The molecule has 4 heteroatoms. The highest BCUT2D eigenvalue weighted by molar-refractivity contribution is 6.08. The molecular formula is C34H67NO3. The number of likely N-dealkylation sites (N-methyl/N-ethyl adjacent to an activating group) is 1. The minimum Gasteiger partial charge on any atom is -0.464 e. The lowest BCUT2D eigenvalue weighted by molar-refractivity contribution is -0.154. The fraction of sp³-hybridized carbons (Fsp3) is 0.941. The van der Waals surface area contributed by atoms with E-state index in [9.17, 15) is 9.59 Å². The number of nitrogens with one attached hydrogen (secondary N) is 1. The van der Waals surface area contributed by atoms with Crippen LogP contribution in [0.3, 0.4) is 0 Å². The maximum atomic E-state index is 12.8. The Kier molecular flexibility index (Phi) is 27.0. The minimum absolute atomic E-state index is 0.0399. The Hall–Kier alpha value is -0.900. The largest absolute Gasteiger partial charge is 0.464 e. The first-order valence-corrected chi connectivity index (χ1v) is 16.9. The lowest BCUT2D eigenvalue weighted by atomic mass is 9.92. The molecule has 0 saturated heterocycles. The van der Waals surface area contributed by atoms with Gasteiger partial charge in [0.2, 0.25) is 0 Å². The molecule has 0 aliphatic rings. The highest BCUT2D eigenvalue weighted by Gasteiger charge is 2.40. The number of ketones is 1. The number of ether oxygens (including phenoxy) is 1. The van der Waals surface area contributed by atoms with E-state index < -0.39 is 11.5 Å². The molecule has 0 rings (SSSR count). The van der Waals surface area contributed by atoms with Crippen LogP contribution in [-0.4, -0.2) is 30.9 Å². The molecule has 0 bridgehead atoms. The molecule has 0 spiro atoms. The van der Waals surface area contributed by atoms with Crippen LogP contribution in [0, 0.1) is 0 Å². The van der Waals surface area contributed by atoms with Gasteiger partial charge in [-0.1, -0.05) is 162 Å². The van der Waals surface area contributed by atoms with Crippen molar-refractivity contribution in [2.24, 2.45) is 0 Å². The van der Waals surface area contributed by atoms with Crippen molar-refractivity contribution in [2.75, 3.05) is 13.7 Å². The van der Waals surface area contributed by atoms with Crippen molar-refractivity contribution in [3.63, 3.8) is 0 Å². The van der Waals surface area contributed by atoms with E-state index in [0.29, 0.717) is 13.0 Å². The van der Waals surface area contributed by atoms with E-state index in [-0.39, 0.29) is 5.78 Å². The third kappa shape index (κ3) is 21.0. The molecule has 0 aliphatic heterocycles. The average Bonchev–Trinajstić information content (AvgIpc) is 2.93. The predicted octanol–water partition coefficient (Wildman–Crippen LogP) is 10.3. The van der Waals surface area contributed by atoms with Crippen molar-refractivity contribution in [1.29, 1.82) is 0 Å². The maximum Gasteiger partial charge on any atom is 0.333 e. The van der Waals surface area contributed by atoms with Crippen LogP contribution in [0.4, 0.5) is 0 Å². The van der Waals surface area contributed by atoms with Gasteiger partial charge in [0.05, 0.1) is 6.61 Å². The molecular weight excluding hydrogens is 470 g/mol. The molecule has 1 unspecified atom stereocenters. The van der Waals surface area contributed by atoms with Crippen molar-refractivity contribution in [2.45, 2.75) is 193 Å². The molecule has 226 valence electrons. The molecule has 0 heterocycles. The van der Waals surface area contributed by atoms with Crippen molar-refractivity contribution >= 4 is 11.8 Å². The summed E-state index contributed by atoms with van der Waals surface area (Å²) in [4.78, 5) is 25.5. The summed E-state index contributed by atoms with van der Waals surface area (Å²) < 4.78 is 5.51. The third-order valence-electron chi connectivity index (χ3n) is 8.20. The quantitative estimate of drug-likeness (QED) is 0.0562. The van der Waals surface area contributed by atoms with Gasteiger partial charge in [0.25, 0.3) is 0 Å². The summed E-state index contributed by atoms with van der Waals surface area (Å²) in [5.41, 5.74) is -1.21. The summed E-state index contributed by atoms with van der Waals surface area (Å²) in [6, 6.07) is 0. The molecule has 0 radical (unpaired) electrons. The van der Waals surface area contributed by atoms with Crippen LogP contribution in [0.2, 0.25) is 0 Å². The van der Waals surface area contributed by atoms with Gasteiger partial charge >= 0.3 is 5.97 Å². The number of hydrogen-bond acceptors (Lipinski definition) is 4. The SMILES string of the molecule is CCCCCCCCCCCCCCCCOC(=O)C(C)(NC)C(=O)CCCCCCCCCCCCC. The normalized spacial score (nSPS) is 12.9. The van der Waals surface area contributed by atoms with Crippen LogP contribution in [0.5, 0.6) is 0 Å². The number of carbonyl (C=O) groups excluding carboxylic acids is 2. The summed E-state index contributed by atoms with van der Waals surface area (Å²) in [5.74, 6) is -0.454. The number of esters is 1. The van der Waals surface area contributed by atoms with Crippen molar-refractivity contribution in [1.82, 2.24) is 5.32 Å². The van der Waals surface area contributed by atoms with Crippen molar-refractivity contribution in [3.8, 4) is 0 Å². The molecule has 38 heavy (non-hydrogen) atoms. The standard InChI is InChI=1S/C34H67NO3/c1-5-7-9-11-13-15-17-18-19-21-23-25-27-29-31-38-33(37)34(3,35-4)32(36)30-28-26-24-22-20-16-14-12-10-8-6-2/h35H,5-31H2,1-4H3. The summed E-state index contributed by atoms with van der Waals surface area (Å²) in [7, 11) is 1.69. The first-order chi connectivity index (χ1) is 18.5. The molecule has 0 aliphatic carbocycles. The van der Waals surface area contributed by atoms with Crippen LogP contribution in [0.15, 0.2) is 0 Å². The lowest BCUT2D eigenvalue weighted by Crippen LogP contribution is -2.55. The van der Waals surface area contributed by atoms with Crippen LogP contribution in [-0.2, 0) is 14.3 Å². The third-order valence-corrected chi connectivity index (χ3v) is 8.20. The molecule has 1 atom stereocenters. The van der Waals surface area contributed by atoms with Crippen molar-refractivity contribution in [3.05, 3.63) is 0 Å². The van der Waals surface area contributed by atoms with E-state index in [0.717, 1.165) is 25.7 Å².